The predicted octanol–water partition coefficient (Wildman–Crippen LogP) is 5.41. The zero-order chi connectivity index (χ0) is 20.7. The molecule has 29 heavy (non-hydrogen) atoms. The molecule has 0 radical (unpaired) electrons. The van der Waals surface area contributed by atoms with Gasteiger partial charge in [0.15, 0.2) is 0 Å². The van der Waals surface area contributed by atoms with Crippen LogP contribution in [0.4, 0.5) is 0 Å². The number of aromatic nitrogens is 3. The molecule has 0 fully saturated rings. The summed E-state index contributed by atoms with van der Waals surface area (Å²) in [5, 5.41) is 14.6. The van der Waals surface area contributed by atoms with Crippen LogP contribution in [0.1, 0.15) is 23.7 Å². The summed E-state index contributed by atoms with van der Waals surface area (Å²) in [6.07, 6.45) is 0.633. The van der Waals surface area contributed by atoms with E-state index in [0.717, 1.165) is 22.4 Å². The molecule has 4 rings (SSSR count). The van der Waals surface area contributed by atoms with Crippen LogP contribution in [0.3, 0.4) is 0 Å². The monoisotopic (exact) mass is 422 g/mol. The van der Waals surface area contributed by atoms with Crippen LogP contribution in [0.2, 0.25) is 10.0 Å². The molecule has 2 heterocycles. The molecule has 0 amide bonds. The summed E-state index contributed by atoms with van der Waals surface area (Å²) in [6.45, 7) is 3.74. The summed E-state index contributed by atoms with van der Waals surface area (Å²) in [6, 6.07) is 14.5. The topological polar surface area (TPSA) is 74.0 Å². The fraction of sp³-hybridized carbons (Fsp3) is 0.136. The molecule has 0 bridgehead atoms. The van der Waals surface area contributed by atoms with Crippen LogP contribution < -0.4 is 5.56 Å². The number of benzene rings is 2. The molecular formula is C22H16Cl2N4O. The lowest BCUT2D eigenvalue weighted by atomic mass is 10.0. The molecule has 0 aliphatic carbocycles. The number of nitriles is 1. The van der Waals surface area contributed by atoms with E-state index in [4.69, 9.17) is 28.5 Å². The zero-order valence-corrected chi connectivity index (χ0v) is 17.3. The number of halogens is 2. The van der Waals surface area contributed by atoms with Crippen LogP contribution in [-0.4, -0.2) is 14.6 Å². The van der Waals surface area contributed by atoms with Crippen LogP contribution in [0.25, 0.3) is 28.0 Å². The van der Waals surface area contributed by atoms with Crippen molar-refractivity contribution in [3.63, 3.8) is 0 Å². The lowest BCUT2D eigenvalue weighted by molar-refractivity contribution is 0.850. The van der Waals surface area contributed by atoms with Crippen LogP contribution >= 0.6 is 23.2 Å². The zero-order valence-electron chi connectivity index (χ0n) is 15.8. The Bertz CT molecular complexity index is 1340. The number of H-pyrrole nitrogens is 1. The summed E-state index contributed by atoms with van der Waals surface area (Å²) >= 11 is 12.5. The van der Waals surface area contributed by atoms with Crippen molar-refractivity contribution < 1.29 is 0 Å². The average molecular weight is 423 g/mol. The van der Waals surface area contributed by atoms with Crippen LogP contribution in [-0.2, 0) is 6.42 Å². The predicted molar refractivity (Wildman–Crippen MR) is 116 cm³/mol. The number of aryl methyl sites for hydroxylation is 1. The van der Waals surface area contributed by atoms with E-state index < -0.39 is 0 Å². The third-order valence-corrected chi connectivity index (χ3v) is 5.48. The average Bonchev–Trinajstić information content (AvgIpc) is 3.09. The van der Waals surface area contributed by atoms with Crippen molar-refractivity contribution in [2.45, 2.75) is 20.3 Å². The second-order valence-electron chi connectivity index (χ2n) is 6.68. The molecule has 0 spiro atoms. The van der Waals surface area contributed by atoms with E-state index in [1.54, 1.807) is 31.2 Å². The van der Waals surface area contributed by atoms with Crippen molar-refractivity contribution in [3.8, 4) is 28.5 Å². The molecule has 5 nitrogen and oxygen atoms in total. The highest BCUT2D eigenvalue weighted by molar-refractivity contribution is 6.36. The highest BCUT2D eigenvalue weighted by Crippen LogP contribution is 2.35. The quantitative estimate of drug-likeness (QED) is 0.479. The largest absolute Gasteiger partial charge is 0.339 e. The van der Waals surface area contributed by atoms with Crippen molar-refractivity contribution >= 4 is 28.8 Å². The number of aromatic amines is 1. The molecule has 144 valence electrons. The van der Waals surface area contributed by atoms with E-state index in [9.17, 15) is 4.79 Å². The van der Waals surface area contributed by atoms with E-state index in [1.165, 1.54) is 4.52 Å². The number of nitrogens with zero attached hydrogens (tertiary/aromatic N) is 3. The number of hydrogen-bond acceptors (Lipinski definition) is 3. The van der Waals surface area contributed by atoms with Crippen molar-refractivity contribution in [2.75, 3.05) is 0 Å². The third-order valence-electron chi connectivity index (χ3n) is 4.93. The highest BCUT2D eigenvalue weighted by atomic mass is 35.5. The Balaban J connectivity index is 2.05. The molecule has 2 aromatic carbocycles. The Labute approximate surface area is 177 Å². The fourth-order valence-electron chi connectivity index (χ4n) is 3.43. The van der Waals surface area contributed by atoms with Crippen molar-refractivity contribution in [2.24, 2.45) is 0 Å². The molecular weight excluding hydrogens is 407 g/mol. The number of rotatable bonds is 3. The van der Waals surface area contributed by atoms with Crippen LogP contribution in [0, 0.1) is 18.3 Å². The maximum atomic E-state index is 13.1. The lowest BCUT2D eigenvalue weighted by Gasteiger charge is -2.09. The Kier molecular flexibility index (Phi) is 4.91. The van der Waals surface area contributed by atoms with Gasteiger partial charge in [0.1, 0.15) is 5.65 Å². The lowest BCUT2D eigenvalue weighted by Crippen LogP contribution is -2.19. The minimum atomic E-state index is -0.204. The van der Waals surface area contributed by atoms with Crippen LogP contribution in [0.15, 0.2) is 47.3 Å². The summed E-state index contributed by atoms with van der Waals surface area (Å²) in [4.78, 5) is 16.5. The molecule has 2 aromatic heterocycles. The second-order valence-corrected chi connectivity index (χ2v) is 7.52. The fourth-order valence-corrected chi connectivity index (χ4v) is 3.93. The molecule has 0 saturated heterocycles. The van der Waals surface area contributed by atoms with Gasteiger partial charge in [-0.1, -0.05) is 48.3 Å². The Hall–Kier alpha value is -3.07. The van der Waals surface area contributed by atoms with Gasteiger partial charge in [-0.25, -0.2) is 0 Å². The molecule has 0 aliphatic heterocycles. The van der Waals surface area contributed by atoms with E-state index in [-0.39, 0.29) is 5.56 Å². The standard InChI is InChI=1S/C22H16Cl2N4O/c1-3-18-19(16-9-8-15(23)10-17(16)24)21-26-20(12(2)22(29)28(21)27-18)14-6-4-13(11-25)5-7-14/h4-10,26H,3H2,1-2H3. The van der Waals surface area contributed by atoms with E-state index in [2.05, 4.69) is 16.2 Å². The number of hydrogen-bond donors (Lipinski definition) is 1. The van der Waals surface area contributed by atoms with Crippen molar-refractivity contribution in [3.05, 3.63) is 79.7 Å². The van der Waals surface area contributed by atoms with E-state index >= 15 is 0 Å². The Morgan fingerprint density at radius 2 is 1.90 bits per heavy atom. The van der Waals surface area contributed by atoms with Gasteiger partial charge in [0.25, 0.3) is 5.56 Å². The van der Waals surface area contributed by atoms with Gasteiger partial charge in [-0.05, 0) is 43.2 Å². The molecule has 0 unspecified atom stereocenters. The van der Waals surface area contributed by atoms with Gasteiger partial charge in [-0.2, -0.15) is 14.9 Å². The molecule has 0 aliphatic rings. The van der Waals surface area contributed by atoms with Gasteiger partial charge in [0, 0.05) is 21.7 Å². The maximum absolute atomic E-state index is 13.1. The normalized spacial score (nSPS) is 11.0. The number of fused-ring (bicyclic) bond motifs is 1. The molecule has 7 heteroatoms. The minimum Gasteiger partial charge on any atom is -0.339 e. The van der Waals surface area contributed by atoms with Gasteiger partial charge < -0.3 is 4.98 Å². The maximum Gasteiger partial charge on any atom is 0.277 e. The molecule has 0 atom stereocenters. The van der Waals surface area contributed by atoms with Crippen molar-refractivity contribution in [1.29, 1.82) is 5.26 Å². The van der Waals surface area contributed by atoms with E-state index in [0.29, 0.717) is 38.9 Å². The number of nitrogens with one attached hydrogen (secondary N) is 1. The molecule has 1 N–H and O–H groups in total. The molecule has 0 saturated carbocycles. The highest BCUT2D eigenvalue weighted by Gasteiger charge is 2.21. The van der Waals surface area contributed by atoms with Gasteiger partial charge in [0.05, 0.1) is 28.0 Å². The SMILES string of the molecule is CCc1nn2c(=O)c(C)c(-c3ccc(C#N)cc3)[nH]c2c1-c1ccc(Cl)cc1Cl. The first-order chi connectivity index (χ1) is 13.9. The Morgan fingerprint density at radius 3 is 2.52 bits per heavy atom. The van der Waals surface area contributed by atoms with Crippen molar-refractivity contribution in [1.82, 2.24) is 14.6 Å². The van der Waals surface area contributed by atoms with Gasteiger partial charge in [-0.15, -0.1) is 0 Å². The summed E-state index contributed by atoms with van der Waals surface area (Å²) < 4.78 is 1.39. The third kappa shape index (κ3) is 3.21. The Morgan fingerprint density at radius 1 is 1.17 bits per heavy atom. The summed E-state index contributed by atoms with van der Waals surface area (Å²) in [5.41, 5.74) is 5.26. The summed E-state index contributed by atoms with van der Waals surface area (Å²) in [5.74, 6) is 0. The van der Waals surface area contributed by atoms with Gasteiger partial charge in [0.2, 0.25) is 0 Å². The minimum absolute atomic E-state index is 0.204. The first-order valence-electron chi connectivity index (χ1n) is 9.05. The molecule has 4 aromatic rings. The summed E-state index contributed by atoms with van der Waals surface area (Å²) in [7, 11) is 0. The van der Waals surface area contributed by atoms with Gasteiger partial charge in [-0.3, -0.25) is 4.79 Å². The van der Waals surface area contributed by atoms with Gasteiger partial charge >= 0.3 is 0 Å². The van der Waals surface area contributed by atoms with E-state index in [1.807, 2.05) is 25.1 Å². The smallest absolute Gasteiger partial charge is 0.277 e. The first kappa shape index (κ1) is 19.3. The first-order valence-corrected chi connectivity index (χ1v) is 9.80. The second kappa shape index (κ2) is 7.40. The van der Waals surface area contributed by atoms with Crippen LogP contribution in [0.5, 0.6) is 0 Å².